The molecule has 0 N–H and O–H groups in total. The van der Waals surface area contributed by atoms with Gasteiger partial charge in [-0.25, -0.2) is 14.6 Å². The Morgan fingerprint density at radius 3 is 3.00 bits per heavy atom. The Labute approximate surface area is 98.6 Å². The summed E-state index contributed by atoms with van der Waals surface area (Å²) in [6.45, 7) is 5.78. The first-order chi connectivity index (χ1) is 8.29. The molecular weight excluding hydrogens is 220 g/mol. The molecule has 2 aromatic rings. The Kier molecular flexibility index (Phi) is 2.44. The summed E-state index contributed by atoms with van der Waals surface area (Å²) in [6, 6.07) is 0.253. The van der Waals surface area contributed by atoms with Crippen LogP contribution in [0.2, 0.25) is 0 Å². The molecule has 0 spiro atoms. The van der Waals surface area contributed by atoms with E-state index in [2.05, 4.69) is 15.1 Å². The van der Waals surface area contributed by atoms with Gasteiger partial charge in [-0.15, -0.1) is 5.10 Å². The molecule has 1 fully saturated rings. The second-order valence-electron chi connectivity index (χ2n) is 4.06. The molecule has 0 aliphatic carbocycles. The molecule has 2 aromatic heterocycles. The number of ether oxygens (including phenoxy) is 2. The van der Waals surface area contributed by atoms with Crippen molar-refractivity contribution in [3.63, 3.8) is 0 Å². The Balaban J connectivity index is 2.15. The van der Waals surface area contributed by atoms with Gasteiger partial charge in [0.2, 0.25) is 0 Å². The lowest BCUT2D eigenvalue weighted by Crippen LogP contribution is -2.31. The number of fused-ring (bicyclic) bond motifs is 1. The van der Waals surface area contributed by atoms with Crippen molar-refractivity contribution in [3.05, 3.63) is 11.9 Å². The van der Waals surface area contributed by atoms with Crippen LogP contribution in [0, 0.1) is 6.92 Å². The van der Waals surface area contributed by atoms with Crippen molar-refractivity contribution in [1.29, 1.82) is 0 Å². The lowest BCUT2D eigenvalue weighted by atomic mass is 10.3. The van der Waals surface area contributed by atoms with Crippen molar-refractivity contribution in [2.45, 2.75) is 19.9 Å². The minimum atomic E-state index is 0.253. The van der Waals surface area contributed by atoms with Gasteiger partial charge in [-0.3, -0.25) is 0 Å². The highest BCUT2D eigenvalue weighted by molar-refractivity contribution is 5.76. The van der Waals surface area contributed by atoms with Crippen LogP contribution in [0.4, 0.5) is 0 Å². The summed E-state index contributed by atoms with van der Waals surface area (Å²) in [6.07, 6.45) is 1.73. The molecule has 0 radical (unpaired) electrons. The van der Waals surface area contributed by atoms with Crippen molar-refractivity contribution in [3.8, 4) is 5.88 Å². The molecular formula is C11H14N4O2. The van der Waals surface area contributed by atoms with E-state index in [0.717, 1.165) is 16.9 Å². The van der Waals surface area contributed by atoms with E-state index in [9.17, 15) is 0 Å². The third-order valence-corrected chi connectivity index (χ3v) is 2.74. The van der Waals surface area contributed by atoms with Gasteiger partial charge < -0.3 is 9.47 Å². The first kappa shape index (κ1) is 10.5. The van der Waals surface area contributed by atoms with Gasteiger partial charge in [-0.1, -0.05) is 0 Å². The Morgan fingerprint density at radius 2 is 2.35 bits per heavy atom. The molecule has 0 unspecified atom stereocenters. The van der Waals surface area contributed by atoms with E-state index in [1.165, 1.54) is 0 Å². The Bertz CT molecular complexity index is 548. The number of aromatic nitrogens is 4. The second-order valence-corrected chi connectivity index (χ2v) is 4.06. The summed E-state index contributed by atoms with van der Waals surface area (Å²) in [5.41, 5.74) is 2.38. The van der Waals surface area contributed by atoms with Crippen LogP contribution in [0.25, 0.3) is 11.2 Å². The van der Waals surface area contributed by atoms with Gasteiger partial charge in [0.1, 0.15) is 6.04 Å². The Hall–Kier alpha value is -1.69. The number of hydrogen-bond donors (Lipinski definition) is 0. The SMILES string of the molecule is CCOc1nn(C2COC2)c2nc(C)cnc12. The third kappa shape index (κ3) is 1.64. The smallest absolute Gasteiger partial charge is 0.261 e. The van der Waals surface area contributed by atoms with E-state index >= 15 is 0 Å². The molecule has 6 nitrogen and oxygen atoms in total. The van der Waals surface area contributed by atoms with E-state index in [-0.39, 0.29) is 6.04 Å². The quantitative estimate of drug-likeness (QED) is 0.796. The summed E-state index contributed by atoms with van der Waals surface area (Å²) < 4.78 is 12.5. The Morgan fingerprint density at radius 1 is 1.53 bits per heavy atom. The van der Waals surface area contributed by atoms with E-state index < -0.39 is 0 Å². The fraction of sp³-hybridized carbons (Fsp3) is 0.545. The molecule has 0 bridgehead atoms. The number of nitrogens with zero attached hydrogens (tertiary/aromatic N) is 4. The third-order valence-electron chi connectivity index (χ3n) is 2.74. The van der Waals surface area contributed by atoms with Gasteiger partial charge >= 0.3 is 0 Å². The topological polar surface area (TPSA) is 62.1 Å². The monoisotopic (exact) mass is 234 g/mol. The summed E-state index contributed by atoms with van der Waals surface area (Å²) in [4.78, 5) is 8.83. The lowest BCUT2D eigenvalue weighted by molar-refractivity contribution is -0.0273. The zero-order valence-electron chi connectivity index (χ0n) is 9.88. The van der Waals surface area contributed by atoms with Crippen LogP contribution in [0.3, 0.4) is 0 Å². The van der Waals surface area contributed by atoms with Crippen molar-refractivity contribution >= 4 is 11.2 Å². The lowest BCUT2D eigenvalue weighted by Gasteiger charge is -2.26. The molecule has 6 heteroatoms. The minimum Gasteiger partial charge on any atom is -0.475 e. The highest BCUT2D eigenvalue weighted by Crippen LogP contribution is 2.27. The second kappa shape index (κ2) is 3.96. The summed E-state index contributed by atoms with van der Waals surface area (Å²) in [5, 5.41) is 4.43. The largest absolute Gasteiger partial charge is 0.475 e. The van der Waals surface area contributed by atoms with Gasteiger partial charge in [-0.2, -0.15) is 0 Å². The number of aryl methyl sites for hydroxylation is 1. The summed E-state index contributed by atoms with van der Waals surface area (Å²) in [7, 11) is 0. The van der Waals surface area contributed by atoms with Crippen LogP contribution in [0.15, 0.2) is 6.20 Å². The van der Waals surface area contributed by atoms with Crippen molar-refractivity contribution < 1.29 is 9.47 Å². The average molecular weight is 234 g/mol. The van der Waals surface area contributed by atoms with Crippen LogP contribution in [-0.2, 0) is 4.74 Å². The van der Waals surface area contributed by atoms with Gasteiger partial charge in [-0.05, 0) is 13.8 Å². The van der Waals surface area contributed by atoms with Crippen LogP contribution in [0.5, 0.6) is 5.88 Å². The average Bonchev–Trinajstić information content (AvgIpc) is 2.55. The maximum Gasteiger partial charge on any atom is 0.261 e. The van der Waals surface area contributed by atoms with Crippen molar-refractivity contribution in [2.24, 2.45) is 0 Å². The molecule has 0 atom stereocenters. The normalized spacial score (nSPS) is 16.1. The van der Waals surface area contributed by atoms with Gasteiger partial charge in [0.25, 0.3) is 5.88 Å². The maximum atomic E-state index is 5.48. The standard InChI is InChI=1S/C11H14N4O2/c1-3-17-11-9-10(13-7(2)4-12-9)15(14-11)8-5-16-6-8/h4,8H,3,5-6H2,1-2H3. The van der Waals surface area contributed by atoms with Crippen LogP contribution < -0.4 is 4.74 Å². The highest BCUT2D eigenvalue weighted by atomic mass is 16.5. The molecule has 1 aliphatic rings. The zero-order chi connectivity index (χ0) is 11.8. The fourth-order valence-corrected chi connectivity index (χ4v) is 1.82. The molecule has 0 amide bonds. The highest BCUT2D eigenvalue weighted by Gasteiger charge is 2.26. The molecule has 1 saturated heterocycles. The predicted octanol–water partition coefficient (Wildman–Crippen LogP) is 1.10. The van der Waals surface area contributed by atoms with Crippen molar-refractivity contribution in [1.82, 2.24) is 19.7 Å². The molecule has 0 aromatic carbocycles. The van der Waals surface area contributed by atoms with E-state index in [1.54, 1.807) is 6.20 Å². The summed E-state index contributed by atoms with van der Waals surface area (Å²) in [5.74, 6) is 0.557. The van der Waals surface area contributed by atoms with E-state index in [0.29, 0.717) is 25.7 Å². The number of hydrogen-bond acceptors (Lipinski definition) is 5. The minimum absolute atomic E-state index is 0.253. The van der Waals surface area contributed by atoms with E-state index in [1.807, 2.05) is 18.5 Å². The van der Waals surface area contributed by atoms with E-state index in [4.69, 9.17) is 9.47 Å². The molecule has 90 valence electrons. The van der Waals surface area contributed by atoms with Gasteiger partial charge in [0, 0.05) is 6.20 Å². The van der Waals surface area contributed by atoms with Crippen molar-refractivity contribution in [2.75, 3.05) is 19.8 Å². The molecule has 3 rings (SSSR count). The molecule has 1 aliphatic heterocycles. The fourth-order valence-electron chi connectivity index (χ4n) is 1.82. The maximum absolute atomic E-state index is 5.48. The molecule has 0 saturated carbocycles. The molecule has 17 heavy (non-hydrogen) atoms. The first-order valence-electron chi connectivity index (χ1n) is 5.72. The van der Waals surface area contributed by atoms with Crippen LogP contribution in [0.1, 0.15) is 18.7 Å². The van der Waals surface area contributed by atoms with Gasteiger partial charge in [0.05, 0.1) is 25.5 Å². The summed E-state index contributed by atoms with van der Waals surface area (Å²) >= 11 is 0. The van der Waals surface area contributed by atoms with Crippen LogP contribution in [-0.4, -0.2) is 39.6 Å². The first-order valence-corrected chi connectivity index (χ1v) is 5.72. The molecule has 3 heterocycles. The number of rotatable bonds is 3. The predicted molar refractivity (Wildman–Crippen MR) is 61.1 cm³/mol. The zero-order valence-corrected chi connectivity index (χ0v) is 9.88. The van der Waals surface area contributed by atoms with Gasteiger partial charge in [0.15, 0.2) is 11.2 Å². The van der Waals surface area contributed by atoms with Crippen LogP contribution >= 0.6 is 0 Å².